The summed E-state index contributed by atoms with van der Waals surface area (Å²) in [4.78, 5) is 16.8. The number of para-hydroxylation sites is 1. The molecular formula is C17H26ClN3O. The van der Waals surface area contributed by atoms with Crippen LogP contribution in [0.3, 0.4) is 0 Å². The molecule has 22 heavy (non-hydrogen) atoms. The van der Waals surface area contributed by atoms with Crippen LogP contribution in [0.5, 0.6) is 0 Å². The lowest BCUT2D eigenvalue weighted by Crippen LogP contribution is -2.42. The molecule has 1 unspecified atom stereocenters. The van der Waals surface area contributed by atoms with Gasteiger partial charge in [-0.2, -0.15) is 0 Å². The van der Waals surface area contributed by atoms with E-state index in [1.54, 1.807) is 0 Å². The number of hydrogen-bond acceptors (Lipinski definition) is 3. The van der Waals surface area contributed by atoms with Gasteiger partial charge in [-0.3, -0.25) is 9.69 Å². The molecule has 0 aromatic heterocycles. The molecule has 2 heterocycles. The fourth-order valence-corrected chi connectivity index (χ4v) is 3.47. The third kappa shape index (κ3) is 3.80. The van der Waals surface area contributed by atoms with Crippen molar-refractivity contribution in [1.29, 1.82) is 0 Å². The Morgan fingerprint density at radius 2 is 2.14 bits per heavy atom. The predicted octanol–water partition coefficient (Wildman–Crippen LogP) is 2.07. The Hall–Kier alpha value is -1.10. The van der Waals surface area contributed by atoms with Gasteiger partial charge >= 0.3 is 0 Å². The Morgan fingerprint density at radius 1 is 1.32 bits per heavy atom. The molecule has 1 amide bonds. The number of nitrogens with one attached hydrogen (secondary N) is 1. The number of nitrogens with zero attached hydrogens (tertiary/aromatic N) is 2. The zero-order valence-electron chi connectivity index (χ0n) is 13.3. The molecule has 5 heteroatoms. The van der Waals surface area contributed by atoms with Crippen molar-refractivity contribution in [2.24, 2.45) is 0 Å². The molecule has 2 aliphatic rings. The molecule has 1 fully saturated rings. The van der Waals surface area contributed by atoms with Gasteiger partial charge in [-0.1, -0.05) is 18.2 Å². The first-order chi connectivity index (χ1) is 10.3. The third-order valence-corrected chi connectivity index (χ3v) is 4.74. The first kappa shape index (κ1) is 17.3. The van der Waals surface area contributed by atoms with Crippen molar-refractivity contribution in [3.63, 3.8) is 0 Å². The second-order valence-electron chi connectivity index (χ2n) is 6.17. The van der Waals surface area contributed by atoms with Gasteiger partial charge in [0.2, 0.25) is 5.91 Å². The predicted molar refractivity (Wildman–Crippen MR) is 92.9 cm³/mol. The second kappa shape index (κ2) is 7.95. The molecule has 122 valence electrons. The lowest BCUT2D eigenvalue weighted by Gasteiger charge is -2.28. The van der Waals surface area contributed by atoms with Crippen molar-refractivity contribution >= 4 is 24.0 Å². The molecule has 0 spiro atoms. The Labute approximate surface area is 139 Å². The van der Waals surface area contributed by atoms with Gasteiger partial charge in [0.25, 0.3) is 0 Å². The highest BCUT2D eigenvalue weighted by Gasteiger charge is 2.26. The van der Waals surface area contributed by atoms with Crippen LogP contribution in [0.2, 0.25) is 0 Å². The molecule has 0 saturated carbocycles. The van der Waals surface area contributed by atoms with E-state index in [2.05, 4.69) is 35.5 Å². The average molecular weight is 324 g/mol. The summed E-state index contributed by atoms with van der Waals surface area (Å²) in [7, 11) is 2.09. The molecule has 0 bridgehead atoms. The van der Waals surface area contributed by atoms with Crippen molar-refractivity contribution in [3.8, 4) is 0 Å². The van der Waals surface area contributed by atoms with Gasteiger partial charge in [-0.15, -0.1) is 12.4 Å². The minimum Gasteiger partial charge on any atom is -0.317 e. The maximum Gasteiger partial charge on any atom is 0.241 e. The number of carbonyl (C=O) groups excluding carboxylic acids is 1. The van der Waals surface area contributed by atoms with Crippen molar-refractivity contribution in [2.45, 2.75) is 31.7 Å². The molecule has 1 atom stereocenters. The van der Waals surface area contributed by atoms with E-state index in [0.717, 1.165) is 38.2 Å². The third-order valence-electron chi connectivity index (χ3n) is 4.74. The molecule has 1 N–H and O–H groups in total. The number of anilines is 1. The fourth-order valence-electron chi connectivity index (χ4n) is 3.47. The van der Waals surface area contributed by atoms with Crippen LogP contribution in [-0.2, 0) is 11.2 Å². The van der Waals surface area contributed by atoms with Gasteiger partial charge in [0.1, 0.15) is 0 Å². The van der Waals surface area contributed by atoms with E-state index < -0.39 is 0 Å². The quantitative estimate of drug-likeness (QED) is 0.925. The van der Waals surface area contributed by atoms with Crippen LogP contribution in [0, 0.1) is 0 Å². The van der Waals surface area contributed by atoms with Crippen LogP contribution >= 0.6 is 12.4 Å². The summed E-state index contributed by atoms with van der Waals surface area (Å²) in [6, 6.07) is 8.79. The molecule has 2 aliphatic heterocycles. The monoisotopic (exact) mass is 323 g/mol. The van der Waals surface area contributed by atoms with Gasteiger partial charge < -0.3 is 10.2 Å². The Morgan fingerprint density at radius 3 is 3.00 bits per heavy atom. The molecule has 1 aromatic rings. The van der Waals surface area contributed by atoms with Crippen molar-refractivity contribution in [3.05, 3.63) is 29.8 Å². The highest BCUT2D eigenvalue weighted by atomic mass is 35.5. The number of rotatable bonds is 3. The highest BCUT2D eigenvalue weighted by Crippen LogP contribution is 2.27. The Bertz CT molecular complexity index is 500. The van der Waals surface area contributed by atoms with Gasteiger partial charge in [-0.25, -0.2) is 0 Å². The van der Waals surface area contributed by atoms with E-state index >= 15 is 0 Å². The lowest BCUT2D eigenvalue weighted by atomic mass is 10.1. The van der Waals surface area contributed by atoms with Crippen LogP contribution < -0.4 is 10.2 Å². The van der Waals surface area contributed by atoms with Crippen molar-refractivity contribution < 1.29 is 4.79 Å². The number of fused-ring (bicyclic) bond motifs is 1. The number of carbonyl (C=O) groups is 1. The highest BCUT2D eigenvalue weighted by molar-refractivity contribution is 5.96. The molecule has 0 radical (unpaired) electrons. The molecule has 1 aromatic carbocycles. The van der Waals surface area contributed by atoms with Crippen LogP contribution in [0.4, 0.5) is 5.69 Å². The van der Waals surface area contributed by atoms with Gasteiger partial charge in [-0.05, 0) is 57.5 Å². The summed E-state index contributed by atoms with van der Waals surface area (Å²) in [5.41, 5.74) is 2.41. The topological polar surface area (TPSA) is 35.6 Å². The summed E-state index contributed by atoms with van der Waals surface area (Å²) in [6.45, 7) is 3.53. The molecular weight excluding hydrogens is 298 g/mol. The van der Waals surface area contributed by atoms with E-state index in [9.17, 15) is 4.79 Å². The molecule has 4 nitrogen and oxygen atoms in total. The lowest BCUT2D eigenvalue weighted by molar-refractivity contribution is -0.119. The maximum absolute atomic E-state index is 12.6. The van der Waals surface area contributed by atoms with Crippen LogP contribution in [-0.4, -0.2) is 50.1 Å². The minimum atomic E-state index is 0. The number of halogens is 1. The SMILES string of the molecule is CN(CC(=O)N1CCc2ccccc21)C1CCCNCC1.Cl. The van der Waals surface area contributed by atoms with Gasteiger partial charge in [0.15, 0.2) is 0 Å². The first-order valence-corrected chi connectivity index (χ1v) is 8.05. The smallest absolute Gasteiger partial charge is 0.241 e. The second-order valence-corrected chi connectivity index (χ2v) is 6.17. The summed E-state index contributed by atoms with van der Waals surface area (Å²) in [6.07, 6.45) is 4.52. The number of hydrogen-bond donors (Lipinski definition) is 1. The van der Waals surface area contributed by atoms with Crippen LogP contribution in [0.15, 0.2) is 24.3 Å². The van der Waals surface area contributed by atoms with Gasteiger partial charge in [0, 0.05) is 18.3 Å². The fraction of sp³-hybridized carbons (Fsp3) is 0.588. The van der Waals surface area contributed by atoms with E-state index in [1.165, 1.54) is 18.4 Å². The number of benzene rings is 1. The molecule has 3 rings (SSSR count). The summed E-state index contributed by atoms with van der Waals surface area (Å²) < 4.78 is 0. The standard InChI is InChI=1S/C17H25N3O.ClH/c1-19(15-6-4-10-18-11-8-15)13-17(21)20-12-9-14-5-2-3-7-16(14)20;/h2-3,5,7,15,18H,4,6,8-13H2,1H3;1H. The van der Waals surface area contributed by atoms with E-state index in [4.69, 9.17) is 0 Å². The van der Waals surface area contributed by atoms with E-state index in [-0.39, 0.29) is 18.3 Å². The van der Waals surface area contributed by atoms with Crippen molar-refractivity contribution in [2.75, 3.05) is 38.1 Å². The summed E-state index contributed by atoms with van der Waals surface area (Å²) in [5, 5.41) is 3.43. The van der Waals surface area contributed by atoms with Crippen LogP contribution in [0.25, 0.3) is 0 Å². The summed E-state index contributed by atoms with van der Waals surface area (Å²) >= 11 is 0. The zero-order valence-corrected chi connectivity index (χ0v) is 14.1. The van der Waals surface area contributed by atoms with Gasteiger partial charge in [0.05, 0.1) is 6.54 Å². The van der Waals surface area contributed by atoms with Crippen molar-refractivity contribution in [1.82, 2.24) is 10.2 Å². The van der Waals surface area contributed by atoms with E-state index in [0.29, 0.717) is 12.6 Å². The molecule has 0 aliphatic carbocycles. The zero-order chi connectivity index (χ0) is 14.7. The minimum absolute atomic E-state index is 0. The first-order valence-electron chi connectivity index (χ1n) is 8.05. The van der Waals surface area contributed by atoms with Crippen LogP contribution in [0.1, 0.15) is 24.8 Å². The number of amides is 1. The summed E-state index contributed by atoms with van der Waals surface area (Å²) in [5.74, 6) is 0.236. The largest absolute Gasteiger partial charge is 0.317 e. The Balaban J connectivity index is 0.00000176. The molecule has 1 saturated heterocycles. The normalized spacial score (nSPS) is 21.2. The number of likely N-dealkylation sites (N-methyl/N-ethyl adjacent to an activating group) is 1. The Kier molecular flexibility index (Phi) is 6.24. The average Bonchev–Trinajstić information content (AvgIpc) is 2.73. The maximum atomic E-state index is 12.6. The van der Waals surface area contributed by atoms with E-state index in [1.807, 2.05) is 11.0 Å².